The molecule has 0 unspecified atom stereocenters. The molecule has 3 aromatic heterocycles. The molecule has 1 saturated carbocycles. The van der Waals surface area contributed by atoms with Crippen LogP contribution in [0.3, 0.4) is 0 Å². The van der Waals surface area contributed by atoms with Crippen LogP contribution in [0.2, 0.25) is 0 Å². The summed E-state index contributed by atoms with van der Waals surface area (Å²) in [5, 5.41) is 13.1. The van der Waals surface area contributed by atoms with Gasteiger partial charge in [0.25, 0.3) is 5.56 Å². The summed E-state index contributed by atoms with van der Waals surface area (Å²) in [6.07, 6.45) is 6.41. The number of rotatable bonds is 6. The molecule has 5 rings (SSSR count). The number of aromatic nitrogens is 6. The summed E-state index contributed by atoms with van der Waals surface area (Å²) >= 11 is 0. The maximum atomic E-state index is 13.8. The molecule has 0 radical (unpaired) electrons. The first-order valence-electron chi connectivity index (χ1n) is 10.7. The Kier molecular flexibility index (Phi) is 5.25. The Morgan fingerprint density at radius 1 is 1.21 bits per heavy atom. The maximum Gasteiger partial charge on any atom is 0.316 e. The average molecular weight is 455 g/mol. The van der Waals surface area contributed by atoms with Crippen molar-refractivity contribution in [3.63, 3.8) is 0 Å². The minimum absolute atomic E-state index is 0.0473. The van der Waals surface area contributed by atoms with Crippen molar-refractivity contribution in [3.8, 4) is 23.2 Å². The highest BCUT2D eigenvalue weighted by Gasteiger charge is 2.31. The van der Waals surface area contributed by atoms with Crippen LogP contribution in [-0.4, -0.2) is 36.6 Å². The van der Waals surface area contributed by atoms with E-state index in [-0.39, 0.29) is 29.1 Å². The van der Waals surface area contributed by atoms with Crippen LogP contribution >= 0.6 is 0 Å². The number of nitrogens with zero attached hydrogens (tertiary/aromatic N) is 7. The molecule has 3 heterocycles. The van der Waals surface area contributed by atoms with E-state index >= 15 is 0 Å². The molecule has 11 nitrogen and oxygen atoms in total. The second-order valence-corrected chi connectivity index (χ2v) is 8.00. The highest BCUT2D eigenvalue weighted by molar-refractivity contribution is 5.93. The van der Waals surface area contributed by atoms with Gasteiger partial charge in [-0.3, -0.25) is 9.36 Å². The van der Waals surface area contributed by atoms with Gasteiger partial charge in [-0.1, -0.05) is 12.1 Å². The summed E-state index contributed by atoms with van der Waals surface area (Å²) in [6.45, 7) is 1.87. The zero-order chi connectivity index (χ0) is 23.8. The normalized spacial score (nSPS) is 13.9. The molecular weight excluding hydrogens is 434 g/mol. The first-order chi connectivity index (χ1) is 16.5. The van der Waals surface area contributed by atoms with E-state index in [1.165, 1.54) is 13.3 Å². The van der Waals surface area contributed by atoms with Crippen LogP contribution in [0.25, 0.3) is 22.0 Å². The van der Waals surface area contributed by atoms with Crippen molar-refractivity contribution in [2.75, 3.05) is 18.2 Å². The molecule has 0 spiro atoms. The fourth-order valence-corrected chi connectivity index (χ4v) is 3.91. The van der Waals surface area contributed by atoms with Crippen molar-refractivity contribution in [3.05, 3.63) is 58.5 Å². The predicted molar refractivity (Wildman–Crippen MR) is 125 cm³/mol. The largest absolute Gasteiger partial charge is 0.467 e. The number of fused-ring (bicyclic) bond motifs is 1. The number of anilines is 2. The number of nitrogen functional groups attached to an aromatic ring is 1. The molecule has 0 aliphatic heterocycles. The van der Waals surface area contributed by atoms with E-state index in [9.17, 15) is 10.1 Å². The van der Waals surface area contributed by atoms with Gasteiger partial charge in [0.05, 0.1) is 30.3 Å². The second-order valence-electron chi connectivity index (χ2n) is 8.00. The number of hydrogen-bond acceptors (Lipinski definition) is 10. The van der Waals surface area contributed by atoms with Gasteiger partial charge in [-0.15, -0.1) is 0 Å². The van der Waals surface area contributed by atoms with E-state index in [0.717, 1.165) is 12.8 Å². The number of nitriles is 1. The Hall–Kier alpha value is -4.59. The van der Waals surface area contributed by atoms with Crippen LogP contribution in [0, 0.1) is 11.3 Å². The van der Waals surface area contributed by atoms with Crippen LogP contribution in [-0.2, 0) is 0 Å². The monoisotopic (exact) mass is 455 g/mol. The molecule has 3 N–H and O–H groups in total. The Morgan fingerprint density at radius 3 is 2.65 bits per heavy atom. The molecular formula is C23H21N9O2. The van der Waals surface area contributed by atoms with Crippen molar-refractivity contribution in [2.45, 2.75) is 31.8 Å². The van der Waals surface area contributed by atoms with Gasteiger partial charge in [0.1, 0.15) is 23.3 Å². The highest BCUT2D eigenvalue weighted by Crippen LogP contribution is 2.37. The lowest BCUT2D eigenvalue weighted by atomic mass is 10.0. The molecule has 0 saturated heterocycles. The number of ether oxygens (including phenoxy) is 1. The molecule has 1 fully saturated rings. The minimum Gasteiger partial charge on any atom is -0.467 e. The number of nitrogens with two attached hydrogens (primary N) is 1. The third kappa shape index (κ3) is 3.75. The smallest absolute Gasteiger partial charge is 0.316 e. The number of methoxy groups -OCH3 is 1. The van der Waals surface area contributed by atoms with Crippen molar-refractivity contribution in [1.82, 2.24) is 29.5 Å². The summed E-state index contributed by atoms with van der Waals surface area (Å²) in [5.41, 5.74) is 7.79. The molecule has 170 valence electrons. The number of nitrogens with one attached hydrogen (secondary N) is 1. The lowest BCUT2D eigenvalue weighted by molar-refractivity contribution is 0.380. The van der Waals surface area contributed by atoms with Crippen molar-refractivity contribution in [1.29, 1.82) is 5.26 Å². The van der Waals surface area contributed by atoms with E-state index in [1.807, 2.05) is 19.1 Å². The van der Waals surface area contributed by atoms with Gasteiger partial charge in [0, 0.05) is 24.0 Å². The Morgan fingerprint density at radius 2 is 1.97 bits per heavy atom. The Bertz CT molecular complexity index is 1490. The topological polar surface area (TPSA) is 158 Å². The highest BCUT2D eigenvalue weighted by atomic mass is 16.5. The lowest BCUT2D eigenvalue weighted by Gasteiger charge is -2.21. The number of hydrogen-bond donors (Lipinski definition) is 2. The maximum absolute atomic E-state index is 13.8. The van der Waals surface area contributed by atoms with Gasteiger partial charge >= 0.3 is 6.01 Å². The fourth-order valence-electron chi connectivity index (χ4n) is 3.91. The third-order valence-electron chi connectivity index (χ3n) is 5.66. The van der Waals surface area contributed by atoms with Gasteiger partial charge in [-0.05, 0) is 31.4 Å². The molecule has 1 aliphatic rings. The van der Waals surface area contributed by atoms with E-state index < -0.39 is 6.04 Å². The molecule has 34 heavy (non-hydrogen) atoms. The van der Waals surface area contributed by atoms with Crippen LogP contribution in [0.5, 0.6) is 6.01 Å². The third-order valence-corrected chi connectivity index (χ3v) is 5.66. The summed E-state index contributed by atoms with van der Waals surface area (Å²) in [6, 6.07) is 7.45. The summed E-state index contributed by atoms with van der Waals surface area (Å²) in [4.78, 5) is 35.0. The molecule has 0 amide bonds. The van der Waals surface area contributed by atoms with Crippen LogP contribution in [0.1, 0.15) is 43.2 Å². The number of benzene rings is 1. The molecule has 4 aromatic rings. The molecule has 1 atom stereocenters. The predicted octanol–water partition coefficient (Wildman–Crippen LogP) is 2.61. The standard InChI is InChI=1S/C23H21N9O2/c1-12(29-19-13(8-24)9-26-22(25)31-19)20-30-17-5-3-4-16(14-10-27-23(34-2)28-11-14)18(17)21(33)32(20)15-6-7-15/h3-5,9-12,15H,6-7H2,1-2H3,(H3,25,26,29,31)/t12-/m0/s1. The van der Waals surface area contributed by atoms with E-state index in [0.29, 0.717) is 33.7 Å². The summed E-state index contributed by atoms with van der Waals surface area (Å²) in [7, 11) is 1.50. The van der Waals surface area contributed by atoms with Gasteiger partial charge in [0.2, 0.25) is 5.95 Å². The molecule has 0 bridgehead atoms. The van der Waals surface area contributed by atoms with E-state index in [2.05, 4.69) is 31.3 Å². The first-order valence-corrected chi connectivity index (χ1v) is 10.7. The van der Waals surface area contributed by atoms with E-state index in [1.54, 1.807) is 23.0 Å². The van der Waals surface area contributed by atoms with Crippen LogP contribution in [0.4, 0.5) is 11.8 Å². The Labute approximate surface area is 194 Å². The van der Waals surface area contributed by atoms with Crippen molar-refractivity contribution < 1.29 is 4.74 Å². The first kappa shape index (κ1) is 21.3. The SMILES string of the molecule is COc1ncc(-c2cccc3nc([C@H](C)Nc4nc(N)ncc4C#N)n(C4CC4)c(=O)c23)cn1. The van der Waals surface area contributed by atoms with Crippen LogP contribution < -0.4 is 21.3 Å². The minimum atomic E-state index is -0.424. The molecule has 1 aromatic carbocycles. The Balaban J connectivity index is 1.64. The summed E-state index contributed by atoms with van der Waals surface area (Å²) < 4.78 is 6.79. The van der Waals surface area contributed by atoms with Crippen molar-refractivity contribution in [2.24, 2.45) is 0 Å². The van der Waals surface area contributed by atoms with Gasteiger partial charge in [-0.2, -0.15) is 10.2 Å². The lowest BCUT2D eigenvalue weighted by Crippen LogP contribution is -2.28. The molecule has 11 heteroatoms. The van der Waals surface area contributed by atoms with Gasteiger partial charge in [0.15, 0.2) is 0 Å². The van der Waals surface area contributed by atoms with Crippen LogP contribution in [0.15, 0.2) is 41.6 Å². The van der Waals surface area contributed by atoms with Gasteiger partial charge in [-0.25, -0.2) is 19.9 Å². The fraction of sp³-hybridized carbons (Fsp3) is 0.261. The van der Waals surface area contributed by atoms with Crippen molar-refractivity contribution >= 4 is 22.7 Å². The molecule has 1 aliphatic carbocycles. The zero-order valence-corrected chi connectivity index (χ0v) is 18.6. The summed E-state index contributed by atoms with van der Waals surface area (Å²) in [5.74, 6) is 0.902. The zero-order valence-electron chi connectivity index (χ0n) is 18.6. The average Bonchev–Trinajstić information content (AvgIpc) is 3.69. The van der Waals surface area contributed by atoms with Gasteiger partial charge < -0.3 is 15.8 Å². The van der Waals surface area contributed by atoms with E-state index in [4.69, 9.17) is 15.5 Å². The quantitative estimate of drug-likeness (QED) is 0.443. The second kappa shape index (κ2) is 8.40.